The van der Waals surface area contributed by atoms with Crippen LogP contribution >= 0.6 is 0 Å². The summed E-state index contributed by atoms with van der Waals surface area (Å²) in [5.74, 6) is 0.331. The summed E-state index contributed by atoms with van der Waals surface area (Å²) in [7, 11) is 1.63. The summed E-state index contributed by atoms with van der Waals surface area (Å²) in [5, 5.41) is 0. The summed E-state index contributed by atoms with van der Waals surface area (Å²) >= 11 is 0. The zero-order valence-electron chi connectivity index (χ0n) is 20.8. The second-order valence-electron chi connectivity index (χ2n) is 9.31. The van der Waals surface area contributed by atoms with Gasteiger partial charge in [-0.1, -0.05) is 81.1 Å². The van der Waals surface area contributed by atoms with Crippen molar-refractivity contribution < 1.29 is 23.8 Å². The molecular formula is C30H32O5. The molecule has 0 saturated heterocycles. The average Bonchev–Trinajstić information content (AvgIpc) is 2.87. The topological polar surface area (TPSA) is 61.8 Å². The van der Waals surface area contributed by atoms with Crippen molar-refractivity contribution in [3.63, 3.8) is 0 Å². The van der Waals surface area contributed by atoms with E-state index in [0.717, 1.165) is 22.4 Å². The number of ether oxygens (including phenoxy) is 3. The maximum Gasteiger partial charge on any atom is 0.333 e. The molecule has 0 amide bonds. The van der Waals surface area contributed by atoms with E-state index < -0.39 is 5.97 Å². The Labute approximate surface area is 207 Å². The first kappa shape index (κ1) is 25.9. The fraction of sp³-hybridized carbons (Fsp3) is 0.267. The van der Waals surface area contributed by atoms with E-state index in [1.165, 1.54) is 0 Å². The first-order valence-electron chi connectivity index (χ1n) is 11.5. The Kier molecular flexibility index (Phi) is 8.61. The summed E-state index contributed by atoms with van der Waals surface area (Å²) in [4.78, 5) is 24.4. The van der Waals surface area contributed by atoms with E-state index in [9.17, 15) is 9.59 Å². The molecule has 0 saturated carbocycles. The van der Waals surface area contributed by atoms with Crippen LogP contribution in [0.2, 0.25) is 0 Å². The van der Waals surface area contributed by atoms with E-state index in [1.54, 1.807) is 14.0 Å². The molecule has 5 nitrogen and oxygen atoms in total. The molecule has 0 aliphatic rings. The lowest BCUT2D eigenvalue weighted by molar-refractivity contribution is -0.143. The van der Waals surface area contributed by atoms with Crippen LogP contribution in [0.1, 0.15) is 42.3 Å². The van der Waals surface area contributed by atoms with E-state index in [-0.39, 0.29) is 17.8 Å². The Morgan fingerprint density at radius 2 is 1.49 bits per heavy atom. The van der Waals surface area contributed by atoms with Gasteiger partial charge in [-0.25, -0.2) is 4.79 Å². The van der Waals surface area contributed by atoms with Crippen LogP contribution in [0.25, 0.3) is 11.1 Å². The van der Waals surface area contributed by atoms with Crippen LogP contribution in [0.5, 0.6) is 5.75 Å². The Bertz CT molecular complexity index is 1180. The molecule has 0 unspecified atom stereocenters. The molecule has 0 aliphatic carbocycles. The molecule has 3 aromatic carbocycles. The van der Waals surface area contributed by atoms with Gasteiger partial charge in [0.15, 0.2) is 5.78 Å². The Hall–Kier alpha value is -3.70. The number of ketones is 1. The van der Waals surface area contributed by atoms with Crippen molar-refractivity contribution in [2.75, 3.05) is 20.3 Å². The maximum atomic E-state index is 12.7. The minimum atomic E-state index is -0.399. The molecule has 5 heteroatoms. The predicted molar refractivity (Wildman–Crippen MR) is 138 cm³/mol. The molecule has 0 bridgehead atoms. The Morgan fingerprint density at radius 3 is 2.11 bits per heavy atom. The van der Waals surface area contributed by atoms with Gasteiger partial charge in [-0.15, -0.1) is 0 Å². The Morgan fingerprint density at radius 1 is 0.857 bits per heavy atom. The van der Waals surface area contributed by atoms with E-state index in [2.05, 4.69) is 6.58 Å². The van der Waals surface area contributed by atoms with Gasteiger partial charge < -0.3 is 14.2 Å². The second kappa shape index (κ2) is 11.6. The highest BCUT2D eigenvalue weighted by atomic mass is 16.5. The van der Waals surface area contributed by atoms with Gasteiger partial charge in [0.05, 0.1) is 26.9 Å². The van der Waals surface area contributed by atoms with Crippen molar-refractivity contribution in [2.24, 2.45) is 5.41 Å². The third kappa shape index (κ3) is 7.14. The number of hydrogen-bond acceptors (Lipinski definition) is 5. The van der Waals surface area contributed by atoms with Gasteiger partial charge in [0.2, 0.25) is 0 Å². The number of methoxy groups -OCH3 is 1. The maximum absolute atomic E-state index is 12.7. The second-order valence-corrected chi connectivity index (χ2v) is 9.31. The van der Waals surface area contributed by atoms with Gasteiger partial charge in [-0.2, -0.15) is 0 Å². The smallest absolute Gasteiger partial charge is 0.333 e. The normalized spacial score (nSPS) is 11.1. The van der Waals surface area contributed by atoms with Crippen LogP contribution in [0, 0.1) is 5.41 Å². The first-order chi connectivity index (χ1) is 16.7. The number of carbonyl (C=O) groups excluding carboxylic acids is 2. The summed E-state index contributed by atoms with van der Waals surface area (Å²) in [6, 6.07) is 22.8. The number of rotatable bonds is 11. The molecular weight excluding hydrogens is 440 g/mol. The highest BCUT2D eigenvalue weighted by Crippen LogP contribution is 2.28. The molecule has 3 aromatic rings. The number of esters is 1. The lowest BCUT2D eigenvalue weighted by Gasteiger charge is -2.24. The fourth-order valence-corrected chi connectivity index (χ4v) is 3.50. The van der Waals surface area contributed by atoms with Gasteiger partial charge in [-0.05, 0) is 30.2 Å². The first-order valence-corrected chi connectivity index (χ1v) is 11.5. The molecule has 0 fully saturated rings. The number of hydrogen-bond donors (Lipinski definition) is 0. The predicted octanol–water partition coefficient (Wildman–Crippen LogP) is 6.26. The monoisotopic (exact) mass is 472 g/mol. The quantitative estimate of drug-likeness (QED) is 0.187. The zero-order valence-corrected chi connectivity index (χ0v) is 20.8. The molecule has 0 atom stereocenters. The number of benzene rings is 3. The molecule has 3 rings (SSSR count). The lowest BCUT2D eigenvalue weighted by Crippen LogP contribution is -2.27. The summed E-state index contributed by atoms with van der Waals surface area (Å²) in [6.07, 6.45) is 0. The third-order valence-corrected chi connectivity index (χ3v) is 5.49. The third-order valence-electron chi connectivity index (χ3n) is 5.49. The minimum Gasteiger partial charge on any atom is -0.496 e. The molecule has 0 spiro atoms. The van der Waals surface area contributed by atoms with Gasteiger partial charge in [-0.3, -0.25) is 4.79 Å². The molecule has 0 aliphatic heterocycles. The average molecular weight is 473 g/mol. The van der Waals surface area contributed by atoms with E-state index in [1.807, 2.05) is 86.6 Å². The van der Waals surface area contributed by atoms with Crippen molar-refractivity contribution >= 4 is 11.8 Å². The van der Waals surface area contributed by atoms with E-state index >= 15 is 0 Å². The minimum absolute atomic E-state index is 0.00230. The van der Waals surface area contributed by atoms with Gasteiger partial charge in [0.25, 0.3) is 0 Å². The summed E-state index contributed by atoms with van der Waals surface area (Å²) in [5.41, 5.74) is 4.23. The largest absolute Gasteiger partial charge is 0.496 e. The molecule has 0 radical (unpaired) electrons. The molecule has 182 valence electrons. The van der Waals surface area contributed by atoms with Crippen molar-refractivity contribution in [2.45, 2.75) is 27.4 Å². The van der Waals surface area contributed by atoms with E-state index in [4.69, 9.17) is 14.2 Å². The molecule has 35 heavy (non-hydrogen) atoms. The van der Waals surface area contributed by atoms with Crippen LogP contribution in [0.4, 0.5) is 0 Å². The molecule has 0 N–H and O–H groups in total. The fourth-order valence-electron chi connectivity index (χ4n) is 3.50. The van der Waals surface area contributed by atoms with Crippen molar-refractivity contribution in [3.05, 3.63) is 102 Å². The van der Waals surface area contributed by atoms with Crippen LogP contribution in [0.15, 0.2) is 84.9 Å². The highest BCUT2D eigenvalue weighted by molar-refractivity contribution is 6.09. The molecule has 0 aromatic heterocycles. The molecule has 0 heterocycles. The summed E-state index contributed by atoms with van der Waals surface area (Å²) in [6.45, 7) is 10.2. The van der Waals surface area contributed by atoms with Crippen LogP contribution in [0.3, 0.4) is 0 Å². The van der Waals surface area contributed by atoms with Crippen LogP contribution in [-0.4, -0.2) is 32.1 Å². The standard InChI is InChI=1S/C30H32O5/c1-21(2)29(32)35-20-30(3,4)19-34-18-26-17-25(15-16-27(26)33-5)22-11-13-24(14-12-22)28(31)23-9-7-6-8-10-23/h6-17H,1,18-20H2,2-5H3. The Balaban J connectivity index is 1.68. The van der Waals surface area contributed by atoms with Gasteiger partial charge in [0.1, 0.15) is 5.75 Å². The van der Waals surface area contributed by atoms with Crippen molar-refractivity contribution in [1.82, 2.24) is 0 Å². The summed E-state index contributed by atoms with van der Waals surface area (Å²) < 4.78 is 16.8. The van der Waals surface area contributed by atoms with Crippen molar-refractivity contribution in [3.8, 4) is 16.9 Å². The van der Waals surface area contributed by atoms with Crippen LogP contribution in [-0.2, 0) is 20.9 Å². The number of carbonyl (C=O) groups is 2. The van der Waals surface area contributed by atoms with Gasteiger partial charge in [0, 0.05) is 27.7 Å². The van der Waals surface area contributed by atoms with Crippen LogP contribution < -0.4 is 4.74 Å². The van der Waals surface area contributed by atoms with E-state index in [0.29, 0.717) is 29.9 Å². The highest BCUT2D eigenvalue weighted by Gasteiger charge is 2.21. The zero-order chi connectivity index (χ0) is 25.4. The van der Waals surface area contributed by atoms with Gasteiger partial charge >= 0.3 is 5.97 Å². The lowest BCUT2D eigenvalue weighted by atomic mass is 9.96. The SMILES string of the molecule is C=C(C)C(=O)OCC(C)(C)COCc1cc(-c2ccc(C(=O)c3ccccc3)cc2)ccc1OC. The van der Waals surface area contributed by atoms with Crippen molar-refractivity contribution in [1.29, 1.82) is 0 Å².